The summed E-state index contributed by atoms with van der Waals surface area (Å²) in [5, 5.41) is 16.2. The van der Waals surface area contributed by atoms with Crippen LogP contribution in [-0.4, -0.2) is 68.1 Å². The summed E-state index contributed by atoms with van der Waals surface area (Å²) < 4.78 is 48.3. The van der Waals surface area contributed by atoms with Gasteiger partial charge in [-0.05, 0) is 47.4 Å². The lowest BCUT2D eigenvalue weighted by Crippen LogP contribution is -2.51. The van der Waals surface area contributed by atoms with E-state index in [2.05, 4.69) is 19.9 Å². The quantitative estimate of drug-likeness (QED) is 0.285. The van der Waals surface area contributed by atoms with Crippen LogP contribution in [0, 0.1) is 11.2 Å². The van der Waals surface area contributed by atoms with Gasteiger partial charge in [0.05, 0.1) is 12.9 Å². The first-order valence-electron chi connectivity index (χ1n) is 13.8. The number of piperazine rings is 1. The van der Waals surface area contributed by atoms with E-state index in [4.69, 9.17) is 9.72 Å². The van der Waals surface area contributed by atoms with Crippen LogP contribution in [0.1, 0.15) is 26.7 Å². The first kappa shape index (κ1) is 27.6. The molecule has 3 heterocycles. The zero-order chi connectivity index (χ0) is 28.9. The van der Waals surface area contributed by atoms with Crippen LogP contribution in [0.15, 0.2) is 48.5 Å². The second kappa shape index (κ2) is 10.4. The van der Waals surface area contributed by atoms with Crippen LogP contribution in [0.4, 0.5) is 10.2 Å². The van der Waals surface area contributed by atoms with Gasteiger partial charge in [-0.3, -0.25) is 0 Å². The molecule has 3 aromatic carbocycles. The molecule has 2 aliphatic rings. The molecule has 41 heavy (non-hydrogen) atoms. The summed E-state index contributed by atoms with van der Waals surface area (Å²) in [5.74, 6) is 0.136. The first-order chi connectivity index (χ1) is 19.5. The van der Waals surface area contributed by atoms with Crippen molar-refractivity contribution in [3.05, 3.63) is 54.3 Å². The van der Waals surface area contributed by atoms with Gasteiger partial charge < -0.3 is 20.1 Å². The molecule has 2 atom stereocenters. The molecule has 216 valence electrons. The van der Waals surface area contributed by atoms with E-state index in [0.29, 0.717) is 34.4 Å². The average molecular weight is 580 g/mol. The van der Waals surface area contributed by atoms with E-state index in [1.165, 1.54) is 0 Å². The highest BCUT2D eigenvalue weighted by atomic mass is 32.2. The van der Waals surface area contributed by atoms with Gasteiger partial charge in [0.25, 0.3) is 0 Å². The van der Waals surface area contributed by atoms with Crippen molar-refractivity contribution in [2.75, 3.05) is 37.4 Å². The third-order valence-electron chi connectivity index (χ3n) is 7.82. The number of hydrogen-bond donors (Lipinski definition) is 3. The molecule has 0 unspecified atom stereocenters. The standard InChI is InChI=1S/C30H34FN5O4S/c1-30(2,16-32-41(3,38)39)17-40-29-34-27-24(28(35-29)36-14-19-8-9-20(15-36)33-19)11-10-23(26(27)31)25-13-21(37)12-18-6-4-5-7-22(18)25/h4-7,10-13,19-20,32-33,37H,8-9,14-17H2,1-3H3/t19-,20+. The number of anilines is 1. The highest BCUT2D eigenvalue weighted by molar-refractivity contribution is 7.88. The minimum absolute atomic E-state index is 0.0302. The van der Waals surface area contributed by atoms with Crippen LogP contribution in [0.25, 0.3) is 32.8 Å². The molecule has 0 saturated carbocycles. The molecule has 0 spiro atoms. The van der Waals surface area contributed by atoms with Gasteiger partial charge >= 0.3 is 6.01 Å². The summed E-state index contributed by atoms with van der Waals surface area (Å²) in [6, 6.07) is 15.0. The number of aromatic nitrogens is 2. The number of phenols is 1. The minimum Gasteiger partial charge on any atom is -0.508 e. The number of ether oxygens (including phenoxy) is 1. The molecule has 4 aromatic rings. The number of aromatic hydroxyl groups is 1. The molecule has 9 nitrogen and oxygen atoms in total. The van der Waals surface area contributed by atoms with Gasteiger partial charge in [-0.1, -0.05) is 44.2 Å². The number of rotatable bonds is 8. The molecule has 2 aliphatic heterocycles. The Kier molecular flexibility index (Phi) is 6.99. The maximum Gasteiger partial charge on any atom is 0.319 e. The molecule has 2 bridgehead atoms. The Morgan fingerprint density at radius 2 is 1.80 bits per heavy atom. The van der Waals surface area contributed by atoms with Gasteiger partial charge in [0.15, 0.2) is 5.82 Å². The number of phenolic OH excluding ortho intramolecular Hbond substituents is 1. The van der Waals surface area contributed by atoms with E-state index in [-0.39, 0.29) is 30.4 Å². The fraction of sp³-hybridized carbons (Fsp3) is 0.400. The van der Waals surface area contributed by atoms with Crippen LogP contribution in [-0.2, 0) is 10.0 Å². The fourth-order valence-corrected chi connectivity index (χ4v) is 6.42. The lowest BCUT2D eigenvalue weighted by Gasteiger charge is -2.34. The average Bonchev–Trinajstić information content (AvgIpc) is 3.27. The number of nitrogens with zero attached hydrogens (tertiary/aromatic N) is 3. The third-order valence-corrected chi connectivity index (χ3v) is 8.49. The summed E-state index contributed by atoms with van der Waals surface area (Å²) in [6.07, 6.45) is 3.27. The predicted octanol–water partition coefficient (Wildman–Crippen LogP) is 4.19. The van der Waals surface area contributed by atoms with Crippen LogP contribution in [0.2, 0.25) is 0 Å². The summed E-state index contributed by atoms with van der Waals surface area (Å²) in [6.45, 7) is 5.50. The van der Waals surface area contributed by atoms with E-state index in [0.717, 1.165) is 43.0 Å². The predicted molar refractivity (Wildman–Crippen MR) is 158 cm³/mol. The van der Waals surface area contributed by atoms with Crippen molar-refractivity contribution in [1.82, 2.24) is 20.0 Å². The number of nitrogens with one attached hydrogen (secondary N) is 2. The van der Waals surface area contributed by atoms with Crippen molar-refractivity contribution in [2.24, 2.45) is 5.41 Å². The van der Waals surface area contributed by atoms with Crippen molar-refractivity contribution in [3.8, 4) is 22.9 Å². The SMILES string of the molecule is CC(C)(CNS(C)(=O)=O)COc1nc(N2C[C@H]3CC[C@@H](C2)N3)c2ccc(-c3cc(O)cc4ccccc34)c(F)c2n1. The lowest BCUT2D eigenvalue weighted by molar-refractivity contribution is 0.171. The Hall–Kier alpha value is -3.54. The normalized spacial score (nSPS) is 19.3. The molecule has 11 heteroatoms. The lowest BCUT2D eigenvalue weighted by atomic mass is 9.95. The van der Waals surface area contributed by atoms with Crippen LogP contribution in [0.3, 0.4) is 0 Å². The number of sulfonamides is 1. The number of benzene rings is 3. The second-order valence-corrected chi connectivity index (χ2v) is 13.8. The zero-order valence-corrected chi connectivity index (χ0v) is 24.1. The molecule has 2 fully saturated rings. The van der Waals surface area contributed by atoms with Gasteiger partial charge in [-0.25, -0.2) is 17.5 Å². The van der Waals surface area contributed by atoms with E-state index >= 15 is 4.39 Å². The van der Waals surface area contributed by atoms with Gasteiger partial charge in [-0.2, -0.15) is 9.97 Å². The van der Waals surface area contributed by atoms with Crippen LogP contribution >= 0.6 is 0 Å². The Bertz CT molecular complexity index is 1730. The Morgan fingerprint density at radius 3 is 2.54 bits per heavy atom. The van der Waals surface area contributed by atoms with Crippen molar-refractivity contribution >= 4 is 37.5 Å². The van der Waals surface area contributed by atoms with Crippen molar-refractivity contribution < 1.29 is 22.7 Å². The van der Waals surface area contributed by atoms with Crippen LogP contribution < -0.4 is 19.7 Å². The minimum atomic E-state index is -3.37. The van der Waals surface area contributed by atoms with Crippen molar-refractivity contribution in [3.63, 3.8) is 0 Å². The van der Waals surface area contributed by atoms with Crippen molar-refractivity contribution in [1.29, 1.82) is 0 Å². The molecule has 0 radical (unpaired) electrons. The monoisotopic (exact) mass is 579 g/mol. The molecule has 3 N–H and O–H groups in total. The van der Waals surface area contributed by atoms with E-state index < -0.39 is 21.3 Å². The summed E-state index contributed by atoms with van der Waals surface area (Å²) >= 11 is 0. The number of fused-ring (bicyclic) bond motifs is 4. The Balaban J connectivity index is 1.44. The Morgan fingerprint density at radius 1 is 1.07 bits per heavy atom. The smallest absolute Gasteiger partial charge is 0.319 e. The highest BCUT2D eigenvalue weighted by Crippen LogP contribution is 2.39. The molecule has 1 aromatic heterocycles. The highest BCUT2D eigenvalue weighted by Gasteiger charge is 2.34. The number of halogens is 1. The van der Waals surface area contributed by atoms with Crippen LogP contribution in [0.5, 0.6) is 11.8 Å². The summed E-state index contributed by atoms with van der Waals surface area (Å²) in [5.41, 5.74) is 0.443. The number of hydrogen-bond acceptors (Lipinski definition) is 8. The molecule has 0 aliphatic carbocycles. The molecular formula is C30H34FN5O4S. The summed E-state index contributed by atoms with van der Waals surface area (Å²) in [4.78, 5) is 11.5. The van der Waals surface area contributed by atoms with E-state index in [9.17, 15) is 13.5 Å². The molecular weight excluding hydrogens is 545 g/mol. The molecule has 6 rings (SSSR count). The Labute approximate surface area is 238 Å². The van der Waals surface area contributed by atoms with Gasteiger partial charge in [-0.15, -0.1) is 0 Å². The third kappa shape index (κ3) is 5.79. The van der Waals surface area contributed by atoms with Gasteiger partial charge in [0, 0.05) is 48.1 Å². The first-order valence-corrected chi connectivity index (χ1v) is 15.7. The van der Waals surface area contributed by atoms with Crippen molar-refractivity contribution in [2.45, 2.75) is 38.8 Å². The largest absolute Gasteiger partial charge is 0.508 e. The fourth-order valence-electron chi connectivity index (χ4n) is 5.76. The molecule has 0 amide bonds. The zero-order valence-electron chi connectivity index (χ0n) is 23.3. The topological polar surface area (TPSA) is 117 Å². The van der Waals surface area contributed by atoms with E-state index in [1.807, 2.05) is 44.2 Å². The molecule has 2 saturated heterocycles. The van der Waals surface area contributed by atoms with Gasteiger partial charge in [0.2, 0.25) is 10.0 Å². The van der Waals surface area contributed by atoms with Gasteiger partial charge in [0.1, 0.15) is 17.1 Å². The maximum absolute atomic E-state index is 16.5. The summed E-state index contributed by atoms with van der Waals surface area (Å²) in [7, 11) is -3.37. The maximum atomic E-state index is 16.5. The van der Waals surface area contributed by atoms with E-state index in [1.54, 1.807) is 18.2 Å². The second-order valence-electron chi connectivity index (χ2n) is 12.0.